The van der Waals surface area contributed by atoms with Crippen LogP contribution in [-0.4, -0.2) is 0 Å². The number of hydrogen-bond acceptors (Lipinski definition) is 0. The highest BCUT2D eigenvalue weighted by atomic mass is 14.3. The number of rotatable bonds is 10. The Balaban J connectivity index is 1.85. The van der Waals surface area contributed by atoms with Gasteiger partial charge < -0.3 is 0 Å². The van der Waals surface area contributed by atoms with Crippen LogP contribution in [0.1, 0.15) is 101 Å². The van der Waals surface area contributed by atoms with Crippen molar-refractivity contribution in [3.05, 3.63) is 142 Å². The van der Waals surface area contributed by atoms with Gasteiger partial charge in [0.1, 0.15) is 0 Å². The molecule has 0 spiro atoms. The second-order valence-corrected chi connectivity index (χ2v) is 13.2. The Hall–Kier alpha value is -3.12. The summed E-state index contributed by atoms with van der Waals surface area (Å²) in [6.45, 7) is 22.5. The first-order chi connectivity index (χ1) is 19.3. The molecule has 0 fully saturated rings. The van der Waals surface area contributed by atoms with E-state index in [1.54, 1.807) is 0 Å². The van der Waals surface area contributed by atoms with Crippen LogP contribution >= 0.6 is 0 Å². The highest BCUT2D eigenvalue weighted by Crippen LogP contribution is 2.41. The molecule has 0 aromatic heterocycles. The van der Waals surface area contributed by atoms with E-state index in [-0.39, 0.29) is 10.8 Å². The van der Waals surface area contributed by atoms with E-state index in [0.29, 0.717) is 0 Å². The van der Waals surface area contributed by atoms with Gasteiger partial charge in [-0.15, -0.1) is 0 Å². The van der Waals surface area contributed by atoms with Crippen molar-refractivity contribution in [2.75, 3.05) is 0 Å². The van der Waals surface area contributed by atoms with Crippen LogP contribution in [0.3, 0.4) is 0 Å². The molecule has 41 heavy (non-hydrogen) atoms. The molecule has 2 aliphatic rings. The highest BCUT2D eigenvalue weighted by Gasteiger charge is 2.27. The molecule has 0 aromatic carbocycles. The smallest absolute Gasteiger partial charge is 0.00981 e. The first-order valence-electron chi connectivity index (χ1n) is 15.5. The van der Waals surface area contributed by atoms with Crippen LogP contribution < -0.4 is 0 Å². The Morgan fingerprint density at radius 1 is 0.610 bits per heavy atom. The van der Waals surface area contributed by atoms with Crippen molar-refractivity contribution in [3.63, 3.8) is 0 Å². The van der Waals surface area contributed by atoms with Crippen molar-refractivity contribution in [2.45, 2.75) is 101 Å². The molecule has 0 bridgehead atoms. The Labute approximate surface area is 253 Å². The largest absolute Gasteiger partial charge is 0.0813 e. The first kappa shape index (κ1) is 34.1. The van der Waals surface area contributed by atoms with Crippen molar-refractivity contribution in [2.24, 2.45) is 10.8 Å². The van der Waals surface area contributed by atoms with Gasteiger partial charge in [-0.1, -0.05) is 158 Å². The minimum atomic E-state index is 0.260. The molecule has 0 saturated heterocycles. The summed E-state index contributed by atoms with van der Waals surface area (Å²) in [6.07, 6.45) is 41.4. The Kier molecular flexibility index (Phi) is 13.6. The molecular formula is C41H56. The Morgan fingerprint density at radius 2 is 1.05 bits per heavy atom. The lowest BCUT2D eigenvalue weighted by Crippen LogP contribution is -2.18. The standard InChI is InChI=1S/C41H56/c1-32(19-13-14-21-34(3)26-28-38-36(5)24-16-30-40(38,7)8)18-11-12-20-33(2)22-15-23-35(4)27-29-39-37(6)25-17-31-41(39,9)10/h11-12,14-15,18-29H,13,16-17,30-31H2,1-10H3/b18-11+,20-12+,21-14+,23-15+,32-19+,33-22+,34-26+,35-27+,38-28-,39-29+. The molecule has 0 amide bonds. The lowest BCUT2D eigenvalue weighted by molar-refractivity contribution is 0.404. The van der Waals surface area contributed by atoms with Crippen LogP contribution in [0.2, 0.25) is 0 Å². The van der Waals surface area contributed by atoms with Gasteiger partial charge in [-0.2, -0.15) is 0 Å². The van der Waals surface area contributed by atoms with Gasteiger partial charge >= 0.3 is 0 Å². The van der Waals surface area contributed by atoms with E-state index < -0.39 is 0 Å². The van der Waals surface area contributed by atoms with Gasteiger partial charge in [0, 0.05) is 0 Å². The molecule has 0 aliphatic heterocycles. The SMILES string of the molecule is CC1=CCCC(C)(C)/C1=C/C=C(C)/C=C/C=C(C)/C=C/C=C/C(C)=C/C/C=C/C(C)=C/C=C1/C(C)=CCCC1(C)C. The number of hydrogen-bond donors (Lipinski definition) is 0. The van der Waals surface area contributed by atoms with E-state index in [9.17, 15) is 0 Å². The second-order valence-electron chi connectivity index (χ2n) is 13.2. The summed E-state index contributed by atoms with van der Waals surface area (Å²) in [5.74, 6) is 0. The third-order valence-corrected chi connectivity index (χ3v) is 8.28. The van der Waals surface area contributed by atoms with Gasteiger partial charge in [0.25, 0.3) is 0 Å². The summed E-state index contributed by atoms with van der Waals surface area (Å²) >= 11 is 0. The Morgan fingerprint density at radius 3 is 1.56 bits per heavy atom. The second kappa shape index (κ2) is 16.4. The summed E-state index contributed by atoms with van der Waals surface area (Å²) in [5.41, 5.74) is 11.4. The summed E-state index contributed by atoms with van der Waals surface area (Å²) in [4.78, 5) is 0. The number of allylic oxidation sites excluding steroid dienone is 24. The average molecular weight is 549 g/mol. The van der Waals surface area contributed by atoms with Gasteiger partial charge in [-0.25, -0.2) is 0 Å². The lowest BCUT2D eigenvalue weighted by Gasteiger charge is -2.32. The summed E-state index contributed by atoms with van der Waals surface area (Å²) in [6, 6.07) is 0. The van der Waals surface area contributed by atoms with E-state index in [4.69, 9.17) is 0 Å². The highest BCUT2D eigenvalue weighted by molar-refractivity contribution is 5.42. The normalized spacial score (nSPS) is 23.1. The molecule has 220 valence electrons. The van der Waals surface area contributed by atoms with E-state index in [1.807, 2.05) is 0 Å². The molecular weight excluding hydrogens is 492 g/mol. The quantitative estimate of drug-likeness (QED) is 0.238. The Bertz CT molecular complexity index is 1270. The minimum absolute atomic E-state index is 0.260. The molecule has 0 heteroatoms. The molecule has 0 heterocycles. The minimum Gasteiger partial charge on any atom is -0.0813 e. The van der Waals surface area contributed by atoms with Crippen LogP contribution in [0.5, 0.6) is 0 Å². The summed E-state index contributed by atoms with van der Waals surface area (Å²) in [7, 11) is 0. The van der Waals surface area contributed by atoms with Crippen LogP contribution in [0, 0.1) is 10.8 Å². The van der Waals surface area contributed by atoms with Crippen molar-refractivity contribution in [1.82, 2.24) is 0 Å². The summed E-state index contributed by atoms with van der Waals surface area (Å²) in [5, 5.41) is 0. The van der Waals surface area contributed by atoms with Crippen molar-refractivity contribution >= 4 is 0 Å². The molecule has 0 radical (unpaired) electrons. The van der Waals surface area contributed by atoms with E-state index in [2.05, 4.69) is 166 Å². The zero-order valence-electron chi connectivity index (χ0n) is 27.8. The van der Waals surface area contributed by atoms with Crippen molar-refractivity contribution < 1.29 is 0 Å². The fourth-order valence-corrected chi connectivity index (χ4v) is 5.51. The van der Waals surface area contributed by atoms with Gasteiger partial charge in [0.15, 0.2) is 0 Å². The third-order valence-electron chi connectivity index (χ3n) is 8.28. The zero-order valence-corrected chi connectivity index (χ0v) is 27.8. The van der Waals surface area contributed by atoms with Crippen LogP contribution in [0.15, 0.2) is 142 Å². The first-order valence-corrected chi connectivity index (χ1v) is 15.5. The van der Waals surface area contributed by atoms with Crippen LogP contribution in [-0.2, 0) is 0 Å². The lowest BCUT2D eigenvalue weighted by atomic mass is 9.73. The maximum Gasteiger partial charge on any atom is -0.00981 e. The van der Waals surface area contributed by atoms with Crippen LogP contribution in [0.25, 0.3) is 0 Å². The van der Waals surface area contributed by atoms with Crippen LogP contribution in [0.4, 0.5) is 0 Å². The molecule has 0 nitrogen and oxygen atoms in total. The predicted molar refractivity (Wildman–Crippen MR) is 186 cm³/mol. The van der Waals surface area contributed by atoms with Gasteiger partial charge in [0.05, 0.1) is 0 Å². The van der Waals surface area contributed by atoms with Gasteiger partial charge in [-0.05, 0) is 95.6 Å². The van der Waals surface area contributed by atoms with Gasteiger partial charge in [-0.3, -0.25) is 0 Å². The maximum atomic E-state index is 2.37. The molecule has 0 N–H and O–H groups in total. The van der Waals surface area contributed by atoms with Crippen molar-refractivity contribution in [1.29, 1.82) is 0 Å². The fourth-order valence-electron chi connectivity index (χ4n) is 5.51. The maximum absolute atomic E-state index is 2.37. The molecule has 0 unspecified atom stereocenters. The van der Waals surface area contributed by atoms with E-state index in [0.717, 1.165) is 6.42 Å². The third kappa shape index (κ3) is 12.1. The van der Waals surface area contributed by atoms with E-state index in [1.165, 1.54) is 70.3 Å². The predicted octanol–water partition coefficient (Wildman–Crippen LogP) is 12.8. The van der Waals surface area contributed by atoms with E-state index >= 15 is 0 Å². The molecule has 0 saturated carbocycles. The molecule has 0 aromatic rings. The zero-order chi connectivity index (χ0) is 30.5. The van der Waals surface area contributed by atoms with Crippen molar-refractivity contribution in [3.8, 4) is 0 Å². The topological polar surface area (TPSA) is 0 Å². The van der Waals surface area contributed by atoms with Gasteiger partial charge in [0.2, 0.25) is 0 Å². The summed E-state index contributed by atoms with van der Waals surface area (Å²) < 4.78 is 0. The average Bonchev–Trinajstić information content (AvgIpc) is 2.88. The molecule has 2 aliphatic carbocycles. The molecule has 0 atom stereocenters. The fraction of sp³-hybridized carbons (Fsp3) is 0.415. The molecule has 2 rings (SSSR count). The monoisotopic (exact) mass is 548 g/mol.